The van der Waals surface area contributed by atoms with Crippen LogP contribution in [0.1, 0.15) is 40.4 Å². The Hall–Kier alpha value is -3.91. The van der Waals surface area contributed by atoms with Gasteiger partial charge in [-0.2, -0.15) is 4.98 Å². The van der Waals surface area contributed by atoms with E-state index in [9.17, 15) is 4.79 Å². The van der Waals surface area contributed by atoms with E-state index in [1.54, 1.807) is 23.3 Å². The van der Waals surface area contributed by atoms with Gasteiger partial charge in [-0.15, -0.1) is 11.3 Å². The minimum Gasteiger partial charge on any atom is -0.497 e. The number of carbonyl (C=O) groups excluding carboxylic acids is 1. The maximum atomic E-state index is 13.2. The molecule has 35 heavy (non-hydrogen) atoms. The molecule has 0 spiro atoms. The number of hydrogen-bond acceptors (Lipinski definition) is 6. The molecule has 0 aliphatic carbocycles. The maximum absolute atomic E-state index is 13.2. The number of aromatic nitrogens is 2. The van der Waals surface area contributed by atoms with Gasteiger partial charge >= 0.3 is 6.03 Å². The number of aryl methyl sites for hydroxylation is 2. The van der Waals surface area contributed by atoms with Crippen LogP contribution in [0, 0.1) is 13.8 Å². The third-order valence-electron chi connectivity index (χ3n) is 6.36. The molecule has 0 saturated heterocycles. The Kier molecular flexibility index (Phi) is 6.13. The highest BCUT2D eigenvalue weighted by Gasteiger charge is 2.36. The van der Waals surface area contributed by atoms with Crippen molar-refractivity contribution in [2.24, 2.45) is 0 Å². The molecule has 1 aliphatic rings. The molecule has 5 rings (SSSR count). The summed E-state index contributed by atoms with van der Waals surface area (Å²) in [6.07, 6.45) is 0. The molecule has 3 heterocycles. The number of allylic oxidation sites excluding steroid dienone is 1. The van der Waals surface area contributed by atoms with Gasteiger partial charge in [0.25, 0.3) is 5.89 Å². The van der Waals surface area contributed by atoms with Crippen molar-refractivity contribution in [3.63, 3.8) is 0 Å². The Morgan fingerprint density at radius 3 is 2.57 bits per heavy atom. The first-order valence-electron chi connectivity index (χ1n) is 11.3. The lowest BCUT2D eigenvalue weighted by atomic mass is 9.92. The Morgan fingerprint density at radius 1 is 1.09 bits per heavy atom. The minimum atomic E-state index is -0.412. The Balaban J connectivity index is 1.59. The molecule has 1 unspecified atom stereocenters. The summed E-state index contributed by atoms with van der Waals surface area (Å²) in [5.41, 5.74) is 5.70. The Labute approximate surface area is 208 Å². The molecule has 0 radical (unpaired) electrons. The van der Waals surface area contributed by atoms with Crippen LogP contribution in [0.15, 0.2) is 70.2 Å². The molecule has 1 N–H and O–H groups in total. The molecule has 0 fully saturated rings. The van der Waals surface area contributed by atoms with Gasteiger partial charge in [-0.25, -0.2) is 4.79 Å². The van der Waals surface area contributed by atoms with Crippen LogP contribution in [0.4, 0.5) is 4.79 Å². The largest absolute Gasteiger partial charge is 0.497 e. The normalized spacial score (nSPS) is 15.9. The number of rotatable bonds is 6. The smallest absolute Gasteiger partial charge is 0.322 e. The van der Waals surface area contributed by atoms with E-state index in [1.807, 2.05) is 54.8 Å². The summed E-state index contributed by atoms with van der Waals surface area (Å²) >= 11 is 1.62. The van der Waals surface area contributed by atoms with Gasteiger partial charge in [0.1, 0.15) is 5.75 Å². The molecule has 1 aliphatic heterocycles. The van der Waals surface area contributed by atoms with Gasteiger partial charge in [-0.05, 0) is 73.2 Å². The molecule has 2 aromatic heterocycles. The molecule has 0 saturated carbocycles. The van der Waals surface area contributed by atoms with Gasteiger partial charge in [0.05, 0.1) is 25.3 Å². The zero-order valence-electron chi connectivity index (χ0n) is 20.0. The number of nitrogens with one attached hydrogen (secondary N) is 1. The molecule has 2 aromatic carbocycles. The van der Waals surface area contributed by atoms with Crippen LogP contribution in [0.2, 0.25) is 0 Å². The number of thiophene rings is 1. The third kappa shape index (κ3) is 4.44. The van der Waals surface area contributed by atoms with Crippen LogP contribution in [0.3, 0.4) is 0 Å². The van der Waals surface area contributed by atoms with Gasteiger partial charge in [0.15, 0.2) is 0 Å². The lowest BCUT2D eigenvalue weighted by Crippen LogP contribution is -2.45. The van der Waals surface area contributed by atoms with Crippen LogP contribution < -0.4 is 10.1 Å². The van der Waals surface area contributed by atoms with Crippen LogP contribution in [0.5, 0.6) is 5.75 Å². The monoisotopic (exact) mass is 486 g/mol. The molecular formula is C27H26N4O3S. The average molecular weight is 487 g/mol. The van der Waals surface area contributed by atoms with Crippen LogP contribution in [-0.2, 0) is 6.54 Å². The number of benzene rings is 2. The second kappa shape index (κ2) is 9.38. The highest BCUT2D eigenvalue weighted by Crippen LogP contribution is 2.38. The lowest BCUT2D eigenvalue weighted by molar-refractivity contribution is 0.203. The standard InChI is InChI=1S/C27H26N4O3S/c1-16-7-8-20(14-17(16)2)24-23(18(3)31(27(32)28-24)15-22-6-5-13-35-22)26-29-25(30-34-26)19-9-11-21(33-4)12-10-19/h5-14,24H,15H2,1-4H3,(H,28,32). The van der Waals surface area contributed by atoms with Gasteiger partial charge in [-0.1, -0.05) is 29.4 Å². The van der Waals surface area contributed by atoms with E-state index in [2.05, 4.69) is 36.5 Å². The third-order valence-corrected chi connectivity index (χ3v) is 7.22. The second-order valence-corrected chi connectivity index (χ2v) is 9.57. The van der Waals surface area contributed by atoms with Gasteiger partial charge in [0, 0.05) is 16.1 Å². The Morgan fingerprint density at radius 2 is 1.89 bits per heavy atom. The maximum Gasteiger partial charge on any atom is 0.322 e. The number of methoxy groups -OCH3 is 1. The molecule has 0 bridgehead atoms. The van der Waals surface area contributed by atoms with Gasteiger partial charge < -0.3 is 14.6 Å². The van der Waals surface area contributed by atoms with Crippen molar-refractivity contribution in [1.82, 2.24) is 20.4 Å². The number of carbonyl (C=O) groups is 1. The molecule has 2 amide bonds. The number of hydrogen-bond donors (Lipinski definition) is 1. The van der Waals surface area contributed by atoms with Crippen molar-refractivity contribution in [1.29, 1.82) is 0 Å². The number of amides is 2. The molecule has 7 nitrogen and oxygen atoms in total. The number of ether oxygens (including phenoxy) is 1. The van der Waals surface area contributed by atoms with Crippen molar-refractivity contribution in [2.45, 2.75) is 33.4 Å². The summed E-state index contributed by atoms with van der Waals surface area (Å²) in [5.74, 6) is 1.61. The highest BCUT2D eigenvalue weighted by atomic mass is 32.1. The molecule has 8 heteroatoms. The summed E-state index contributed by atoms with van der Waals surface area (Å²) < 4.78 is 11.0. The van der Waals surface area contributed by atoms with Gasteiger partial charge in [0.2, 0.25) is 5.82 Å². The summed E-state index contributed by atoms with van der Waals surface area (Å²) in [4.78, 5) is 20.8. The fraction of sp³-hybridized carbons (Fsp3) is 0.222. The van der Waals surface area contributed by atoms with E-state index in [1.165, 1.54) is 5.56 Å². The first-order chi connectivity index (χ1) is 16.9. The lowest BCUT2D eigenvalue weighted by Gasteiger charge is -2.35. The quantitative estimate of drug-likeness (QED) is 0.355. The predicted molar refractivity (Wildman–Crippen MR) is 136 cm³/mol. The summed E-state index contributed by atoms with van der Waals surface area (Å²) in [6.45, 7) is 6.55. The van der Waals surface area contributed by atoms with E-state index in [-0.39, 0.29) is 6.03 Å². The van der Waals surface area contributed by atoms with E-state index in [0.717, 1.165) is 38.6 Å². The second-order valence-electron chi connectivity index (χ2n) is 8.54. The average Bonchev–Trinajstić information content (AvgIpc) is 3.56. The molecular weight excluding hydrogens is 460 g/mol. The summed E-state index contributed by atoms with van der Waals surface area (Å²) in [5, 5.41) is 9.42. The topological polar surface area (TPSA) is 80.5 Å². The first-order valence-corrected chi connectivity index (χ1v) is 12.2. The molecule has 178 valence electrons. The fourth-order valence-corrected chi connectivity index (χ4v) is 4.88. The van der Waals surface area contributed by atoms with Crippen molar-refractivity contribution >= 4 is 22.9 Å². The minimum absolute atomic E-state index is 0.155. The van der Waals surface area contributed by atoms with E-state index >= 15 is 0 Å². The SMILES string of the molecule is COc1ccc(-c2noc(C3=C(C)N(Cc4cccs4)C(=O)NC3c3ccc(C)c(C)c3)n2)cc1. The first kappa shape index (κ1) is 22.9. The molecule has 1 atom stereocenters. The van der Waals surface area contributed by atoms with Crippen LogP contribution >= 0.6 is 11.3 Å². The summed E-state index contributed by atoms with van der Waals surface area (Å²) in [7, 11) is 1.63. The van der Waals surface area contributed by atoms with Crippen LogP contribution in [0.25, 0.3) is 17.0 Å². The zero-order valence-corrected chi connectivity index (χ0v) is 20.8. The molecule has 4 aromatic rings. The van der Waals surface area contributed by atoms with Crippen molar-refractivity contribution in [3.8, 4) is 17.1 Å². The van der Waals surface area contributed by atoms with Crippen molar-refractivity contribution in [2.75, 3.05) is 7.11 Å². The van der Waals surface area contributed by atoms with E-state index in [0.29, 0.717) is 18.3 Å². The van der Waals surface area contributed by atoms with Crippen molar-refractivity contribution in [3.05, 3.63) is 93.1 Å². The zero-order chi connectivity index (χ0) is 24.5. The van der Waals surface area contributed by atoms with E-state index < -0.39 is 6.04 Å². The Bertz CT molecular complexity index is 1390. The highest BCUT2D eigenvalue weighted by molar-refractivity contribution is 7.09. The van der Waals surface area contributed by atoms with E-state index in [4.69, 9.17) is 14.2 Å². The fourth-order valence-electron chi connectivity index (χ4n) is 4.19. The van der Waals surface area contributed by atoms with Crippen molar-refractivity contribution < 1.29 is 14.1 Å². The summed E-state index contributed by atoms with van der Waals surface area (Å²) in [6, 6.07) is 17.1. The van der Waals surface area contributed by atoms with Gasteiger partial charge in [-0.3, -0.25) is 4.90 Å². The predicted octanol–water partition coefficient (Wildman–Crippen LogP) is 6.12. The number of nitrogens with zero attached hydrogens (tertiary/aromatic N) is 3. The van der Waals surface area contributed by atoms with Crippen LogP contribution in [-0.4, -0.2) is 28.2 Å². The number of urea groups is 1.